The molecule has 0 aromatic heterocycles. The van der Waals surface area contributed by atoms with Crippen LogP contribution in [0, 0.1) is 5.41 Å². The fourth-order valence-electron chi connectivity index (χ4n) is 5.18. The Morgan fingerprint density at radius 2 is 1.58 bits per heavy atom. The van der Waals surface area contributed by atoms with Crippen molar-refractivity contribution in [2.24, 2.45) is 5.41 Å². The van der Waals surface area contributed by atoms with Crippen molar-refractivity contribution in [3.05, 3.63) is 99.5 Å². The second kappa shape index (κ2) is 8.49. The van der Waals surface area contributed by atoms with E-state index in [2.05, 4.69) is 5.32 Å². The van der Waals surface area contributed by atoms with Gasteiger partial charge in [0.2, 0.25) is 0 Å². The van der Waals surface area contributed by atoms with Crippen molar-refractivity contribution in [3.63, 3.8) is 0 Å². The molecule has 0 radical (unpaired) electrons. The van der Waals surface area contributed by atoms with E-state index in [1.165, 1.54) is 7.11 Å². The highest BCUT2D eigenvalue weighted by molar-refractivity contribution is 6.30. The van der Waals surface area contributed by atoms with Crippen LogP contribution < -0.4 is 10.1 Å². The number of rotatable bonds is 3. The summed E-state index contributed by atoms with van der Waals surface area (Å²) >= 11 is 12.3. The van der Waals surface area contributed by atoms with Gasteiger partial charge in [-0.2, -0.15) is 0 Å². The van der Waals surface area contributed by atoms with Crippen LogP contribution in [0.3, 0.4) is 0 Å². The first-order valence-corrected chi connectivity index (χ1v) is 11.3. The summed E-state index contributed by atoms with van der Waals surface area (Å²) in [5.74, 6) is -0.538. The summed E-state index contributed by atoms with van der Waals surface area (Å²) in [6.07, 6.45) is 0. The van der Waals surface area contributed by atoms with Crippen LogP contribution in [0.25, 0.3) is 0 Å². The van der Waals surface area contributed by atoms with Gasteiger partial charge in [-0.15, -0.1) is 0 Å². The standard InChI is InChI=1S/C26H21Cl2NO4/c1-32-25(31)22-21(15-6-10-17(27)11-7-15)26(23(29-22)16-8-12-18(28)13-9-16)14-33-20-5-3-2-4-19(20)24(26)30/h2-13,21-23,29H,14H2,1H3/t21-,22+,23+,26+/m0/s1. The summed E-state index contributed by atoms with van der Waals surface area (Å²) in [5, 5.41) is 4.56. The highest BCUT2D eigenvalue weighted by Crippen LogP contribution is 2.57. The third-order valence-corrected chi connectivity index (χ3v) is 7.16. The predicted octanol–water partition coefficient (Wildman–Crippen LogP) is 5.22. The summed E-state index contributed by atoms with van der Waals surface area (Å²) in [6, 6.07) is 20.4. The quantitative estimate of drug-likeness (QED) is 0.519. The number of hydrogen-bond donors (Lipinski definition) is 1. The molecular weight excluding hydrogens is 461 g/mol. The lowest BCUT2D eigenvalue weighted by Crippen LogP contribution is -2.48. The summed E-state index contributed by atoms with van der Waals surface area (Å²) in [4.78, 5) is 27.3. The van der Waals surface area contributed by atoms with Crippen LogP contribution >= 0.6 is 23.2 Å². The van der Waals surface area contributed by atoms with Crippen molar-refractivity contribution in [2.75, 3.05) is 13.7 Å². The topological polar surface area (TPSA) is 64.6 Å². The van der Waals surface area contributed by atoms with Crippen LogP contribution in [0.5, 0.6) is 5.75 Å². The van der Waals surface area contributed by atoms with Crippen LogP contribution in [0.15, 0.2) is 72.8 Å². The number of fused-ring (bicyclic) bond motifs is 1. The van der Waals surface area contributed by atoms with Crippen LogP contribution in [-0.2, 0) is 9.53 Å². The van der Waals surface area contributed by atoms with E-state index >= 15 is 0 Å². The number of hydrogen-bond acceptors (Lipinski definition) is 5. The molecule has 33 heavy (non-hydrogen) atoms. The lowest BCUT2D eigenvalue weighted by molar-refractivity contribution is -0.143. The number of Topliss-reactive ketones (excluding diaryl/α,β-unsaturated/α-hetero) is 1. The highest BCUT2D eigenvalue weighted by atomic mass is 35.5. The second-order valence-electron chi connectivity index (χ2n) is 8.34. The molecule has 0 unspecified atom stereocenters. The van der Waals surface area contributed by atoms with Crippen molar-refractivity contribution >= 4 is 35.0 Å². The molecule has 2 aliphatic rings. The Balaban J connectivity index is 1.75. The molecule has 1 saturated heterocycles. The zero-order chi connectivity index (χ0) is 23.2. The minimum Gasteiger partial charge on any atom is -0.492 e. The van der Waals surface area contributed by atoms with Crippen molar-refractivity contribution in [1.29, 1.82) is 0 Å². The van der Waals surface area contributed by atoms with Gasteiger partial charge in [0.15, 0.2) is 5.78 Å². The summed E-state index contributed by atoms with van der Waals surface area (Å²) in [6.45, 7) is 0.101. The van der Waals surface area contributed by atoms with Gasteiger partial charge in [0, 0.05) is 22.0 Å². The minimum absolute atomic E-state index is 0.0804. The number of carbonyl (C=O) groups excluding carboxylic acids is 2. The number of ether oxygens (including phenoxy) is 2. The molecule has 0 bridgehead atoms. The maximum absolute atomic E-state index is 14.3. The van der Waals surface area contributed by atoms with Gasteiger partial charge in [-0.3, -0.25) is 14.9 Å². The van der Waals surface area contributed by atoms with Gasteiger partial charge >= 0.3 is 5.97 Å². The molecule has 1 spiro atoms. The summed E-state index contributed by atoms with van der Waals surface area (Å²) in [7, 11) is 1.35. The maximum atomic E-state index is 14.3. The largest absolute Gasteiger partial charge is 0.492 e. The summed E-state index contributed by atoms with van der Waals surface area (Å²) < 4.78 is 11.3. The lowest BCUT2D eigenvalue weighted by atomic mass is 9.62. The Morgan fingerprint density at radius 3 is 2.21 bits per heavy atom. The molecule has 2 aliphatic heterocycles. The van der Waals surface area contributed by atoms with Gasteiger partial charge < -0.3 is 9.47 Å². The molecule has 5 rings (SSSR count). The van der Waals surface area contributed by atoms with E-state index < -0.39 is 29.4 Å². The third kappa shape index (κ3) is 3.52. The number of nitrogens with one attached hydrogen (secondary N) is 1. The van der Waals surface area contributed by atoms with E-state index in [9.17, 15) is 9.59 Å². The normalized spacial score (nSPS) is 26.0. The maximum Gasteiger partial charge on any atom is 0.323 e. The number of carbonyl (C=O) groups is 2. The Morgan fingerprint density at radius 1 is 0.970 bits per heavy atom. The van der Waals surface area contributed by atoms with E-state index in [1.807, 2.05) is 36.4 Å². The zero-order valence-electron chi connectivity index (χ0n) is 17.8. The first-order valence-electron chi connectivity index (χ1n) is 10.6. The van der Waals surface area contributed by atoms with E-state index in [1.54, 1.807) is 36.4 Å². The molecule has 1 N–H and O–H groups in total. The fourth-order valence-corrected chi connectivity index (χ4v) is 5.43. The SMILES string of the molecule is COC(=O)[C@@H]1N[C@H](c2ccc(Cl)cc2)[C@@]2(COc3ccccc3C2=O)[C@H]1c1ccc(Cl)cc1. The number of methoxy groups -OCH3 is 1. The van der Waals surface area contributed by atoms with E-state index in [0.29, 0.717) is 21.4 Å². The van der Waals surface area contributed by atoms with Gasteiger partial charge in [0.1, 0.15) is 18.4 Å². The lowest BCUT2D eigenvalue weighted by Gasteiger charge is -2.41. The molecule has 4 atom stereocenters. The molecule has 0 amide bonds. The van der Waals surface area contributed by atoms with Crippen LogP contribution in [0.2, 0.25) is 10.0 Å². The average Bonchev–Trinajstić information content (AvgIpc) is 3.18. The molecule has 168 valence electrons. The van der Waals surface area contributed by atoms with E-state index in [4.69, 9.17) is 32.7 Å². The van der Waals surface area contributed by atoms with Crippen LogP contribution in [0.1, 0.15) is 33.4 Å². The number of halogens is 2. The number of ketones is 1. The molecule has 0 aliphatic carbocycles. The zero-order valence-corrected chi connectivity index (χ0v) is 19.3. The van der Waals surface area contributed by atoms with Crippen molar-refractivity contribution in [1.82, 2.24) is 5.32 Å². The van der Waals surface area contributed by atoms with Gasteiger partial charge in [-0.25, -0.2) is 0 Å². The molecule has 0 saturated carbocycles. The molecule has 7 heteroatoms. The number of esters is 1. The number of para-hydroxylation sites is 1. The van der Waals surface area contributed by atoms with Crippen LogP contribution in [-0.4, -0.2) is 31.5 Å². The van der Waals surface area contributed by atoms with Crippen LogP contribution in [0.4, 0.5) is 0 Å². The van der Waals surface area contributed by atoms with Gasteiger partial charge in [0.25, 0.3) is 0 Å². The molecule has 2 heterocycles. The Labute approximate surface area is 201 Å². The third-order valence-electron chi connectivity index (χ3n) is 6.66. The molecule has 3 aromatic carbocycles. The Bertz CT molecular complexity index is 1210. The Kier molecular flexibility index (Phi) is 5.65. The second-order valence-corrected chi connectivity index (χ2v) is 9.21. The summed E-state index contributed by atoms with van der Waals surface area (Å²) in [5.41, 5.74) is 1.03. The average molecular weight is 482 g/mol. The Hall–Kier alpha value is -2.86. The highest BCUT2D eigenvalue weighted by Gasteiger charge is 2.64. The first kappa shape index (κ1) is 22.0. The van der Waals surface area contributed by atoms with Gasteiger partial charge in [-0.1, -0.05) is 59.6 Å². The molecule has 1 fully saturated rings. The molecule has 3 aromatic rings. The van der Waals surface area contributed by atoms with Crippen molar-refractivity contribution in [3.8, 4) is 5.75 Å². The van der Waals surface area contributed by atoms with Crippen molar-refractivity contribution in [2.45, 2.75) is 18.0 Å². The fraction of sp³-hybridized carbons (Fsp3) is 0.231. The molecule has 5 nitrogen and oxygen atoms in total. The van der Waals surface area contributed by atoms with Gasteiger partial charge in [0.05, 0.1) is 18.1 Å². The van der Waals surface area contributed by atoms with E-state index in [0.717, 1.165) is 11.1 Å². The monoisotopic (exact) mass is 481 g/mol. The molecular formula is C26H21Cl2NO4. The first-order chi connectivity index (χ1) is 16.0. The smallest absolute Gasteiger partial charge is 0.323 e. The minimum atomic E-state index is -1.10. The predicted molar refractivity (Wildman–Crippen MR) is 126 cm³/mol. The van der Waals surface area contributed by atoms with Crippen molar-refractivity contribution < 1.29 is 19.1 Å². The number of benzene rings is 3. The van der Waals surface area contributed by atoms with E-state index in [-0.39, 0.29) is 12.4 Å². The van der Waals surface area contributed by atoms with Gasteiger partial charge in [-0.05, 0) is 47.5 Å².